The number of halogens is 1. The summed E-state index contributed by atoms with van der Waals surface area (Å²) in [7, 11) is 4.63. The van der Waals surface area contributed by atoms with Crippen LogP contribution in [0.3, 0.4) is 0 Å². The molecule has 0 bridgehead atoms. The molecule has 0 saturated heterocycles. The quantitative estimate of drug-likeness (QED) is 0.372. The lowest BCUT2D eigenvalue weighted by atomic mass is 10.1. The van der Waals surface area contributed by atoms with E-state index in [0.29, 0.717) is 38.9 Å². The van der Waals surface area contributed by atoms with Gasteiger partial charge < -0.3 is 24.1 Å². The van der Waals surface area contributed by atoms with Crippen molar-refractivity contribution in [2.75, 3.05) is 21.3 Å². The van der Waals surface area contributed by atoms with Gasteiger partial charge in [-0.15, -0.1) is 0 Å². The van der Waals surface area contributed by atoms with E-state index >= 15 is 0 Å². The maximum Gasteiger partial charge on any atom is 0.254 e. The van der Waals surface area contributed by atoms with Crippen molar-refractivity contribution in [3.05, 3.63) is 98.8 Å². The van der Waals surface area contributed by atoms with Crippen LogP contribution in [0.2, 0.25) is 5.02 Å². The second-order valence-electron chi connectivity index (χ2n) is 7.90. The average Bonchev–Trinajstić information content (AvgIpc) is 2.88. The van der Waals surface area contributed by atoms with E-state index in [2.05, 4.69) is 4.98 Å². The highest BCUT2D eigenvalue weighted by Crippen LogP contribution is 2.31. The number of methoxy groups -OCH3 is 3. The number of aromatic amines is 1. The van der Waals surface area contributed by atoms with Crippen LogP contribution in [0, 0.1) is 0 Å². The molecule has 1 N–H and O–H groups in total. The van der Waals surface area contributed by atoms with Gasteiger partial charge in [0.15, 0.2) is 11.5 Å². The van der Waals surface area contributed by atoms with Gasteiger partial charge in [0, 0.05) is 34.1 Å². The molecule has 1 aromatic heterocycles. The average molecular weight is 493 g/mol. The van der Waals surface area contributed by atoms with Crippen LogP contribution < -0.4 is 19.8 Å². The fourth-order valence-electron chi connectivity index (χ4n) is 3.87. The van der Waals surface area contributed by atoms with Crippen LogP contribution >= 0.6 is 11.6 Å². The molecule has 8 heteroatoms. The Bertz CT molecular complexity index is 1430. The summed E-state index contributed by atoms with van der Waals surface area (Å²) in [5, 5.41) is 1.30. The summed E-state index contributed by atoms with van der Waals surface area (Å²) in [6.07, 6.45) is 0. The first-order chi connectivity index (χ1) is 16.9. The molecule has 1 amide bonds. The minimum atomic E-state index is -0.299. The van der Waals surface area contributed by atoms with Crippen molar-refractivity contribution < 1.29 is 19.0 Å². The Labute approximate surface area is 207 Å². The predicted molar refractivity (Wildman–Crippen MR) is 136 cm³/mol. The van der Waals surface area contributed by atoms with Crippen LogP contribution in [0.25, 0.3) is 10.9 Å². The molecule has 0 radical (unpaired) electrons. The minimum absolute atomic E-state index is 0.0703. The lowest BCUT2D eigenvalue weighted by Crippen LogP contribution is -2.32. The Kier molecular flexibility index (Phi) is 7.27. The SMILES string of the molecule is COc1cccc(C(=O)N(Cc2ccccc2Cl)Cc2cc3cc(OC)c(OC)cc3[nH]c2=O)c1. The third-order valence-electron chi connectivity index (χ3n) is 5.71. The number of fused-ring (bicyclic) bond motifs is 1. The number of carbonyl (C=O) groups is 1. The molecular formula is C27H25ClN2O5. The summed E-state index contributed by atoms with van der Waals surface area (Å²) < 4.78 is 16.0. The van der Waals surface area contributed by atoms with Crippen LogP contribution in [-0.2, 0) is 13.1 Å². The normalized spacial score (nSPS) is 10.7. The van der Waals surface area contributed by atoms with Gasteiger partial charge in [-0.2, -0.15) is 0 Å². The fraction of sp³-hybridized carbons (Fsp3) is 0.185. The highest BCUT2D eigenvalue weighted by molar-refractivity contribution is 6.31. The minimum Gasteiger partial charge on any atom is -0.497 e. The number of ether oxygens (including phenoxy) is 3. The number of amides is 1. The zero-order valence-electron chi connectivity index (χ0n) is 19.6. The standard InChI is InChI=1S/C27H25ClN2O5/c1-33-21-9-6-8-17(12-21)27(32)30(15-18-7-4-5-10-22(18)28)16-20-11-19-13-24(34-2)25(35-3)14-23(19)29-26(20)31/h4-14H,15-16H2,1-3H3,(H,29,31). The predicted octanol–water partition coefficient (Wildman–Crippen LogP) is 5.05. The number of nitrogens with one attached hydrogen (secondary N) is 1. The van der Waals surface area contributed by atoms with Gasteiger partial charge in [-0.25, -0.2) is 0 Å². The van der Waals surface area contributed by atoms with Crippen molar-refractivity contribution in [3.8, 4) is 17.2 Å². The van der Waals surface area contributed by atoms with Gasteiger partial charge in [-0.3, -0.25) is 9.59 Å². The molecule has 0 aliphatic rings. The molecule has 0 unspecified atom stereocenters. The summed E-state index contributed by atoms with van der Waals surface area (Å²) >= 11 is 6.39. The molecule has 180 valence electrons. The first-order valence-electron chi connectivity index (χ1n) is 10.9. The van der Waals surface area contributed by atoms with Crippen molar-refractivity contribution in [1.29, 1.82) is 0 Å². The Balaban J connectivity index is 1.75. The summed E-state index contributed by atoms with van der Waals surface area (Å²) in [5.41, 5.74) is 1.95. The van der Waals surface area contributed by atoms with E-state index in [1.807, 2.05) is 18.2 Å². The number of carbonyl (C=O) groups excluding carboxylic acids is 1. The number of aromatic nitrogens is 1. The van der Waals surface area contributed by atoms with E-state index < -0.39 is 0 Å². The third-order valence-corrected chi connectivity index (χ3v) is 6.08. The Hall–Kier alpha value is -3.97. The lowest BCUT2D eigenvalue weighted by molar-refractivity contribution is 0.0729. The van der Waals surface area contributed by atoms with Crippen molar-refractivity contribution >= 4 is 28.4 Å². The largest absolute Gasteiger partial charge is 0.497 e. The van der Waals surface area contributed by atoms with Crippen LogP contribution in [-0.4, -0.2) is 37.1 Å². The van der Waals surface area contributed by atoms with E-state index in [-0.39, 0.29) is 24.6 Å². The smallest absolute Gasteiger partial charge is 0.254 e. The second-order valence-corrected chi connectivity index (χ2v) is 8.31. The van der Waals surface area contributed by atoms with Crippen molar-refractivity contribution in [2.24, 2.45) is 0 Å². The van der Waals surface area contributed by atoms with Crippen molar-refractivity contribution in [2.45, 2.75) is 13.1 Å². The van der Waals surface area contributed by atoms with E-state index in [1.165, 1.54) is 7.11 Å². The molecule has 1 heterocycles. The fourth-order valence-corrected chi connectivity index (χ4v) is 4.07. The number of hydrogen-bond donors (Lipinski definition) is 1. The van der Waals surface area contributed by atoms with Crippen LogP contribution in [0.15, 0.2) is 71.5 Å². The lowest BCUT2D eigenvalue weighted by Gasteiger charge is -2.24. The first-order valence-corrected chi connectivity index (χ1v) is 11.3. The highest BCUT2D eigenvalue weighted by atomic mass is 35.5. The number of rotatable bonds is 8. The summed E-state index contributed by atoms with van der Waals surface area (Å²) in [6.45, 7) is 0.292. The first kappa shape index (κ1) is 24.2. The molecule has 0 aliphatic heterocycles. The summed E-state index contributed by atoms with van der Waals surface area (Å²) in [6, 6.07) is 19.5. The van der Waals surface area contributed by atoms with Gasteiger partial charge in [0.1, 0.15) is 5.75 Å². The van der Waals surface area contributed by atoms with E-state index in [4.69, 9.17) is 25.8 Å². The Morgan fingerprint density at radius 1 is 0.857 bits per heavy atom. The number of H-pyrrole nitrogens is 1. The molecule has 0 saturated carbocycles. The topological polar surface area (TPSA) is 80.9 Å². The van der Waals surface area contributed by atoms with Gasteiger partial charge in [-0.05, 0) is 42.0 Å². The molecule has 3 aromatic carbocycles. The van der Waals surface area contributed by atoms with Crippen molar-refractivity contribution in [3.63, 3.8) is 0 Å². The van der Waals surface area contributed by atoms with Gasteiger partial charge in [0.05, 0.1) is 33.4 Å². The maximum absolute atomic E-state index is 13.6. The number of benzene rings is 3. The van der Waals surface area contributed by atoms with Gasteiger partial charge in [0.25, 0.3) is 11.5 Å². The number of hydrogen-bond acceptors (Lipinski definition) is 5. The highest BCUT2D eigenvalue weighted by Gasteiger charge is 2.20. The molecule has 0 spiro atoms. The van der Waals surface area contributed by atoms with E-state index in [1.54, 1.807) is 67.7 Å². The molecule has 0 atom stereocenters. The Morgan fingerprint density at radius 3 is 2.29 bits per heavy atom. The van der Waals surface area contributed by atoms with Gasteiger partial charge in [0.2, 0.25) is 0 Å². The van der Waals surface area contributed by atoms with Crippen LogP contribution in [0.4, 0.5) is 0 Å². The van der Waals surface area contributed by atoms with Crippen molar-refractivity contribution in [1.82, 2.24) is 9.88 Å². The van der Waals surface area contributed by atoms with Gasteiger partial charge in [-0.1, -0.05) is 35.9 Å². The molecule has 4 aromatic rings. The zero-order chi connectivity index (χ0) is 24.9. The summed E-state index contributed by atoms with van der Waals surface area (Å²) in [5.74, 6) is 1.36. The number of pyridine rings is 1. The monoisotopic (exact) mass is 492 g/mol. The maximum atomic E-state index is 13.6. The zero-order valence-corrected chi connectivity index (χ0v) is 20.4. The molecule has 7 nitrogen and oxygen atoms in total. The number of nitrogens with zero attached hydrogens (tertiary/aromatic N) is 1. The molecular weight excluding hydrogens is 468 g/mol. The van der Waals surface area contributed by atoms with E-state index in [0.717, 1.165) is 10.9 Å². The Morgan fingerprint density at radius 2 is 1.57 bits per heavy atom. The van der Waals surface area contributed by atoms with Gasteiger partial charge >= 0.3 is 0 Å². The van der Waals surface area contributed by atoms with E-state index in [9.17, 15) is 9.59 Å². The summed E-state index contributed by atoms with van der Waals surface area (Å²) in [4.78, 5) is 31.0. The molecule has 4 rings (SSSR count). The molecule has 0 aliphatic carbocycles. The molecule has 35 heavy (non-hydrogen) atoms. The second kappa shape index (κ2) is 10.5. The molecule has 0 fully saturated rings. The third kappa shape index (κ3) is 5.25. The van der Waals surface area contributed by atoms with Crippen LogP contribution in [0.5, 0.6) is 17.2 Å². The van der Waals surface area contributed by atoms with Crippen LogP contribution in [0.1, 0.15) is 21.5 Å².